The fourth-order valence-electron chi connectivity index (χ4n) is 2.53. The van der Waals surface area contributed by atoms with Crippen LogP contribution in [0.3, 0.4) is 0 Å². The third-order valence-electron chi connectivity index (χ3n) is 4.31. The molecule has 7 heteroatoms. The lowest BCUT2D eigenvalue weighted by atomic mass is 10.3. The van der Waals surface area contributed by atoms with Gasteiger partial charge in [0.2, 0.25) is 0 Å². The lowest BCUT2D eigenvalue weighted by molar-refractivity contribution is 0.115. The fraction of sp³-hybridized carbons (Fsp3) is 0.778. The Kier molecular flexibility index (Phi) is 11.1. The monoisotopic (exact) mass is 463 g/mol. The topological polar surface area (TPSA) is 54.7 Å². The van der Waals surface area contributed by atoms with Gasteiger partial charge >= 0.3 is 0 Å². The number of likely N-dealkylation sites (N-methyl/N-ethyl adjacent to an activating group) is 1. The molecule has 1 aliphatic carbocycles. The molecular formula is C18H34IN5O. The number of imidazole rings is 1. The molecule has 0 aliphatic heterocycles. The highest BCUT2D eigenvalue weighted by molar-refractivity contribution is 14.0. The average molecular weight is 463 g/mol. The largest absolute Gasteiger partial charge is 0.379 e. The molecule has 1 aliphatic rings. The maximum Gasteiger partial charge on any atom is 0.193 e. The molecule has 0 atom stereocenters. The van der Waals surface area contributed by atoms with Crippen LogP contribution in [0.2, 0.25) is 0 Å². The number of unbranched alkanes of at least 4 members (excludes halogenated alkanes) is 1. The van der Waals surface area contributed by atoms with Crippen molar-refractivity contribution in [1.82, 2.24) is 19.8 Å². The number of hydrogen-bond acceptors (Lipinski definition) is 3. The van der Waals surface area contributed by atoms with Crippen molar-refractivity contribution in [1.29, 1.82) is 0 Å². The summed E-state index contributed by atoms with van der Waals surface area (Å²) in [7, 11) is 2.08. The van der Waals surface area contributed by atoms with Gasteiger partial charge in [0.25, 0.3) is 0 Å². The second-order valence-electron chi connectivity index (χ2n) is 6.55. The lowest BCUT2D eigenvalue weighted by Gasteiger charge is -2.22. The first-order chi connectivity index (χ1) is 11.7. The van der Waals surface area contributed by atoms with E-state index in [-0.39, 0.29) is 24.0 Å². The van der Waals surface area contributed by atoms with Crippen LogP contribution in [0.1, 0.15) is 38.4 Å². The van der Waals surface area contributed by atoms with Crippen LogP contribution in [0.25, 0.3) is 0 Å². The molecular weight excluding hydrogens is 429 g/mol. The number of aromatic nitrogens is 2. The molecule has 2 rings (SSSR count). The van der Waals surface area contributed by atoms with Crippen molar-refractivity contribution in [3.63, 3.8) is 0 Å². The highest BCUT2D eigenvalue weighted by Gasteiger charge is 2.21. The third-order valence-corrected chi connectivity index (χ3v) is 4.31. The molecule has 0 amide bonds. The number of guanidine groups is 1. The standard InChI is InChI=1S/C18H33N5O.HI/c1-4-19-18(22(3)13-14-24-15-17-7-8-17)21-9-5-6-11-23-12-10-20-16(23)2;/h10,12,17H,4-9,11,13-15H2,1-3H3,(H,19,21);1H. The summed E-state index contributed by atoms with van der Waals surface area (Å²) in [6, 6.07) is 0. The van der Waals surface area contributed by atoms with E-state index in [4.69, 9.17) is 9.73 Å². The van der Waals surface area contributed by atoms with Crippen LogP contribution < -0.4 is 5.32 Å². The number of hydrogen-bond donors (Lipinski definition) is 1. The minimum atomic E-state index is 0. The summed E-state index contributed by atoms with van der Waals surface area (Å²) in [6.45, 7) is 9.49. The van der Waals surface area contributed by atoms with Gasteiger partial charge in [-0.05, 0) is 45.4 Å². The van der Waals surface area contributed by atoms with Crippen molar-refractivity contribution in [2.24, 2.45) is 10.9 Å². The van der Waals surface area contributed by atoms with E-state index in [1.807, 2.05) is 19.3 Å². The van der Waals surface area contributed by atoms with Gasteiger partial charge in [-0.2, -0.15) is 0 Å². The molecule has 6 nitrogen and oxygen atoms in total. The van der Waals surface area contributed by atoms with Crippen LogP contribution >= 0.6 is 24.0 Å². The van der Waals surface area contributed by atoms with Crippen LogP contribution in [0, 0.1) is 12.8 Å². The van der Waals surface area contributed by atoms with E-state index in [1.54, 1.807) is 0 Å². The van der Waals surface area contributed by atoms with E-state index in [0.717, 1.165) is 69.9 Å². The Labute approximate surface area is 169 Å². The zero-order valence-electron chi connectivity index (χ0n) is 15.9. The molecule has 1 fully saturated rings. The van der Waals surface area contributed by atoms with Crippen molar-refractivity contribution < 1.29 is 4.74 Å². The normalized spacial score (nSPS) is 14.3. The molecule has 25 heavy (non-hydrogen) atoms. The van der Waals surface area contributed by atoms with Crippen molar-refractivity contribution >= 4 is 29.9 Å². The molecule has 144 valence electrons. The van der Waals surface area contributed by atoms with Crippen LogP contribution in [0.5, 0.6) is 0 Å². The predicted octanol–water partition coefficient (Wildman–Crippen LogP) is 2.91. The summed E-state index contributed by atoms with van der Waals surface area (Å²) in [5.74, 6) is 2.89. The van der Waals surface area contributed by atoms with E-state index in [2.05, 4.69) is 33.7 Å². The smallest absolute Gasteiger partial charge is 0.193 e. The fourth-order valence-corrected chi connectivity index (χ4v) is 2.53. The molecule has 0 saturated heterocycles. The van der Waals surface area contributed by atoms with Crippen LogP contribution in [0.4, 0.5) is 0 Å². The summed E-state index contributed by atoms with van der Waals surface area (Å²) in [5, 5.41) is 3.36. The van der Waals surface area contributed by atoms with E-state index in [0.29, 0.717) is 0 Å². The summed E-state index contributed by atoms with van der Waals surface area (Å²) < 4.78 is 7.91. The van der Waals surface area contributed by atoms with Crippen molar-refractivity contribution in [3.8, 4) is 0 Å². The zero-order valence-corrected chi connectivity index (χ0v) is 18.2. The molecule has 1 aromatic heterocycles. The maximum absolute atomic E-state index is 5.72. The molecule has 1 aromatic rings. The quantitative estimate of drug-likeness (QED) is 0.237. The van der Waals surface area contributed by atoms with Crippen molar-refractivity contribution in [2.75, 3.05) is 39.9 Å². The molecule has 0 spiro atoms. The Morgan fingerprint density at radius 1 is 1.44 bits per heavy atom. The van der Waals surface area contributed by atoms with Crippen molar-refractivity contribution in [3.05, 3.63) is 18.2 Å². The number of rotatable bonds is 11. The minimum Gasteiger partial charge on any atom is -0.379 e. The SMILES string of the molecule is CCNC(=NCCCCn1ccnc1C)N(C)CCOCC1CC1.I. The lowest BCUT2D eigenvalue weighted by Crippen LogP contribution is -2.40. The molecule has 0 aromatic carbocycles. The van der Waals surface area contributed by atoms with Crippen LogP contribution in [0.15, 0.2) is 17.4 Å². The molecule has 0 unspecified atom stereocenters. The number of halogens is 1. The number of aryl methyl sites for hydroxylation is 2. The molecule has 1 N–H and O–H groups in total. The summed E-state index contributed by atoms with van der Waals surface area (Å²) in [4.78, 5) is 11.1. The van der Waals surface area contributed by atoms with Gasteiger partial charge in [-0.25, -0.2) is 4.98 Å². The molecule has 1 heterocycles. The first-order valence-electron chi connectivity index (χ1n) is 9.25. The summed E-state index contributed by atoms with van der Waals surface area (Å²) in [6.07, 6.45) is 8.79. The van der Waals surface area contributed by atoms with Gasteiger partial charge in [0.15, 0.2) is 5.96 Å². The Hall–Kier alpha value is -0.830. The number of aliphatic imine (C=N–C) groups is 1. The first-order valence-corrected chi connectivity index (χ1v) is 9.25. The molecule has 0 bridgehead atoms. The summed E-state index contributed by atoms with van der Waals surface area (Å²) in [5.41, 5.74) is 0. The molecule has 1 saturated carbocycles. The minimum absolute atomic E-state index is 0. The molecule has 0 radical (unpaired) electrons. The second-order valence-corrected chi connectivity index (χ2v) is 6.55. The summed E-state index contributed by atoms with van der Waals surface area (Å²) >= 11 is 0. The predicted molar refractivity (Wildman–Crippen MR) is 114 cm³/mol. The van der Waals surface area contributed by atoms with Gasteiger partial charge in [-0.15, -0.1) is 24.0 Å². The van der Waals surface area contributed by atoms with E-state index in [9.17, 15) is 0 Å². The van der Waals surface area contributed by atoms with E-state index >= 15 is 0 Å². The van der Waals surface area contributed by atoms with Gasteiger partial charge in [0.1, 0.15) is 5.82 Å². The van der Waals surface area contributed by atoms with Gasteiger partial charge in [-0.1, -0.05) is 0 Å². The van der Waals surface area contributed by atoms with Crippen molar-refractivity contribution in [2.45, 2.75) is 46.1 Å². The zero-order chi connectivity index (χ0) is 17.2. The Morgan fingerprint density at radius 2 is 2.24 bits per heavy atom. The van der Waals surface area contributed by atoms with Gasteiger partial charge < -0.3 is 19.5 Å². The Balaban J connectivity index is 0.00000312. The number of nitrogens with zero attached hydrogens (tertiary/aromatic N) is 4. The highest BCUT2D eigenvalue weighted by atomic mass is 127. The Bertz CT molecular complexity index is 501. The van der Waals surface area contributed by atoms with E-state index in [1.165, 1.54) is 12.8 Å². The first kappa shape index (κ1) is 22.2. The third kappa shape index (κ3) is 8.89. The maximum atomic E-state index is 5.72. The number of nitrogens with one attached hydrogen (secondary N) is 1. The van der Waals surface area contributed by atoms with Gasteiger partial charge in [0.05, 0.1) is 6.61 Å². The highest BCUT2D eigenvalue weighted by Crippen LogP contribution is 2.28. The average Bonchev–Trinajstić information content (AvgIpc) is 3.31. The number of ether oxygens (including phenoxy) is 1. The Morgan fingerprint density at radius 3 is 2.88 bits per heavy atom. The van der Waals surface area contributed by atoms with Gasteiger partial charge in [0, 0.05) is 52.2 Å². The van der Waals surface area contributed by atoms with Crippen LogP contribution in [-0.2, 0) is 11.3 Å². The van der Waals surface area contributed by atoms with E-state index < -0.39 is 0 Å². The van der Waals surface area contributed by atoms with Crippen LogP contribution in [-0.4, -0.2) is 60.3 Å². The van der Waals surface area contributed by atoms with Gasteiger partial charge in [-0.3, -0.25) is 4.99 Å². The second kappa shape index (κ2) is 12.5.